The summed E-state index contributed by atoms with van der Waals surface area (Å²) in [4.78, 5) is 33.3. The zero-order valence-corrected chi connectivity index (χ0v) is 22.2. The van der Waals surface area contributed by atoms with E-state index in [1.165, 1.54) is 29.9 Å². The lowest BCUT2D eigenvalue weighted by Gasteiger charge is -2.40. The molecule has 5 rings (SSSR count). The predicted octanol–water partition coefficient (Wildman–Crippen LogP) is 3.58. The number of benzene rings is 2. The maximum Gasteiger partial charge on any atom is 0.359 e. The molecule has 1 fully saturated rings. The number of aromatic hydroxyl groups is 1. The molecule has 0 amide bonds. The van der Waals surface area contributed by atoms with Crippen LogP contribution in [0.4, 0.5) is 15.8 Å². The molecule has 2 aromatic carbocycles. The van der Waals surface area contributed by atoms with Crippen molar-refractivity contribution >= 4 is 22.4 Å². The molecule has 11 nitrogen and oxygen atoms in total. The van der Waals surface area contributed by atoms with Gasteiger partial charge in [0.05, 0.1) is 23.1 Å². The number of phenols is 1. The van der Waals surface area contributed by atoms with E-state index in [2.05, 4.69) is 9.88 Å². The van der Waals surface area contributed by atoms with Crippen molar-refractivity contribution in [2.24, 2.45) is 0 Å². The van der Waals surface area contributed by atoms with Gasteiger partial charge in [-0.3, -0.25) is 24.4 Å². The minimum atomic E-state index is -0.776. The summed E-state index contributed by atoms with van der Waals surface area (Å²) in [5, 5.41) is 32.5. The summed E-state index contributed by atoms with van der Waals surface area (Å²) in [6.45, 7) is 1.62. The first-order chi connectivity index (χ1) is 19.8. The van der Waals surface area contributed by atoms with Gasteiger partial charge in [-0.2, -0.15) is 5.26 Å². The Morgan fingerprint density at radius 1 is 1.12 bits per heavy atom. The van der Waals surface area contributed by atoms with E-state index in [1.54, 1.807) is 41.3 Å². The Morgan fingerprint density at radius 2 is 1.83 bits per heavy atom. The van der Waals surface area contributed by atoms with Crippen LogP contribution in [0.25, 0.3) is 11.0 Å². The van der Waals surface area contributed by atoms with Crippen LogP contribution >= 0.6 is 0 Å². The summed E-state index contributed by atoms with van der Waals surface area (Å²) < 4.78 is 20.1. The summed E-state index contributed by atoms with van der Waals surface area (Å²) in [6.07, 6.45) is 0. The van der Waals surface area contributed by atoms with Crippen molar-refractivity contribution < 1.29 is 19.2 Å². The van der Waals surface area contributed by atoms with Crippen molar-refractivity contribution in [2.45, 2.75) is 12.6 Å². The van der Waals surface area contributed by atoms with Gasteiger partial charge in [-0.05, 0) is 35.9 Å². The maximum absolute atomic E-state index is 13.7. The lowest BCUT2D eigenvalue weighted by atomic mass is 9.95. The van der Waals surface area contributed by atoms with Crippen LogP contribution in [0, 0.1) is 27.3 Å². The zero-order valence-electron chi connectivity index (χ0n) is 22.2. The van der Waals surface area contributed by atoms with E-state index < -0.39 is 22.2 Å². The molecule has 3 heterocycles. The number of nitro groups is 1. The number of hydrogen-bond donors (Lipinski definition) is 1. The highest BCUT2D eigenvalue weighted by Gasteiger charge is 2.34. The van der Waals surface area contributed by atoms with Gasteiger partial charge in [0.2, 0.25) is 0 Å². The van der Waals surface area contributed by atoms with Crippen LogP contribution in [0.3, 0.4) is 0 Å². The Kier molecular flexibility index (Phi) is 7.91. The minimum absolute atomic E-state index is 0.0690. The van der Waals surface area contributed by atoms with Crippen LogP contribution in [0.5, 0.6) is 5.75 Å². The summed E-state index contributed by atoms with van der Waals surface area (Å²) in [5.74, 6) is -0.281. The lowest BCUT2D eigenvalue weighted by Crippen LogP contribution is -2.48. The fourth-order valence-electron chi connectivity index (χ4n) is 5.38. The molecule has 0 saturated carbocycles. The molecule has 12 heteroatoms. The summed E-state index contributed by atoms with van der Waals surface area (Å²) in [7, 11) is 1.47. The van der Waals surface area contributed by atoms with Gasteiger partial charge in [-0.15, -0.1) is 0 Å². The molecule has 1 N–H and O–H groups in total. The third-order valence-electron chi connectivity index (χ3n) is 7.29. The third-order valence-corrected chi connectivity index (χ3v) is 7.29. The first kappa shape index (κ1) is 27.7. The van der Waals surface area contributed by atoms with Crippen LogP contribution in [-0.4, -0.2) is 64.4 Å². The molecule has 1 atom stereocenters. The van der Waals surface area contributed by atoms with Crippen molar-refractivity contribution in [1.29, 1.82) is 5.26 Å². The van der Waals surface area contributed by atoms with Crippen LogP contribution < -0.4 is 10.5 Å². The molecule has 2 aromatic heterocycles. The summed E-state index contributed by atoms with van der Waals surface area (Å²) >= 11 is 0. The Balaban J connectivity index is 1.57. The van der Waals surface area contributed by atoms with Gasteiger partial charge >= 0.3 is 11.2 Å². The van der Waals surface area contributed by atoms with Crippen molar-refractivity contribution in [2.75, 3.05) is 44.8 Å². The monoisotopic (exact) mass is 558 g/mol. The Labute approximate surface area is 234 Å². The van der Waals surface area contributed by atoms with Gasteiger partial charge in [0.25, 0.3) is 0 Å². The SMILES string of the molecule is COCCn1c(=O)c([N+](=O)[O-])c(N2CCN(C(c3ccc(F)cc3)c3ccccc3O)CC2)c2nc(C#N)ccc21. The summed E-state index contributed by atoms with van der Waals surface area (Å²) in [6, 6.07) is 17.6. The van der Waals surface area contributed by atoms with Gasteiger partial charge < -0.3 is 14.7 Å². The molecule has 1 unspecified atom stereocenters. The number of anilines is 1. The fraction of sp³-hybridized carbons (Fsp3) is 0.276. The number of piperazine rings is 1. The third kappa shape index (κ3) is 5.32. The molecule has 0 radical (unpaired) electrons. The second-order valence-electron chi connectivity index (χ2n) is 9.62. The number of phenolic OH excluding ortho intramolecular Hbond substituents is 1. The molecule has 0 aliphatic carbocycles. The highest BCUT2D eigenvalue weighted by atomic mass is 19.1. The van der Waals surface area contributed by atoms with Crippen LogP contribution in [-0.2, 0) is 11.3 Å². The number of nitriles is 1. The van der Waals surface area contributed by atoms with Crippen LogP contribution in [0.15, 0.2) is 65.5 Å². The summed E-state index contributed by atoms with van der Waals surface area (Å²) in [5.41, 5.74) is 0.732. The number of pyridine rings is 2. The number of rotatable bonds is 8. The molecule has 210 valence electrons. The molecule has 0 bridgehead atoms. The molecule has 0 spiro atoms. The molecule has 1 saturated heterocycles. The molecular weight excluding hydrogens is 531 g/mol. The quantitative estimate of drug-likeness (QED) is 0.254. The Morgan fingerprint density at radius 3 is 2.46 bits per heavy atom. The molecule has 1 aliphatic rings. The first-order valence-electron chi connectivity index (χ1n) is 13.0. The van der Waals surface area contributed by atoms with Gasteiger partial charge in [0.15, 0.2) is 5.69 Å². The average Bonchev–Trinajstić information content (AvgIpc) is 2.98. The van der Waals surface area contributed by atoms with Gasteiger partial charge in [0.1, 0.15) is 28.8 Å². The van der Waals surface area contributed by atoms with Gasteiger partial charge in [-0.1, -0.05) is 30.3 Å². The maximum atomic E-state index is 13.7. The number of methoxy groups -OCH3 is 1. The topological polar surface area (TPSA) is 138 Å². The van der Waals surface area contributed by atoms with E-state index in [4.69, 9.17) is 4.74 Å². The van der Waals surface area contributed by atoms with Gasteiger partial charge in [0, 0.05) is 45.4 Å². The molecule has 4 aromatic rings. The van der Waals surface area contributed by atoms with E-state index >= 15 is 0 Å². The predicted molar refractivity (Wildman–Crippen MR) is 149 cm³/mol. The van der Waals surface area contributed by atoms with E-state index in [9.17, 15) is 29.7 Å². The lowest BCUT2D eigenvalue weighted by molar-refractivity contribution is -0.385. The highest BCUT2D eigenvalue weighted by molar-refractivity contribution is 5.94. The number of halogens is 1. The smallest absolute Gasteiger partial charge is 0.359 e. The highest BCUT2D eigenvalue weighted by Crippen LogP contribution is 2.37. The number of hydrogen-bond acceptors (Lipinski definition) is 9. The van der Waals surface area contributed by atoms with E-state index in [0.29, 0.717) is 37.3 Å². The van der Waals surface area contributed by atoms with Crippen molar-refractivity contribution in [3.8, 4) is 11.8 Å². The van der Waals surface area contributed by atoms with E-state index in [0.717, 1.165) is 5.56 Å². The number of aromatic nitrogens is 2. The molecule has 41 heavy (non-hydrogen) atoms. The van der Waals surface area contributed by atoms with Crippen molar-refractivity contribution in [3.63, 3.8) is 0 Å². The normalized spacial score (nSPS) is 14.6. The fourth-order valence-corrected chi connectivity index (χ4v) is 5.38. The Hall–Kier alpha value is -4.86. The molecular formula is C29H27FN6O5. The van der Waals surface area contributed by atoms with Crippen molar-refractivity contribution in [1.82, 2.24) is 14.5 Å². The largest absolute Gasteiger partial charge is 0.508 e. The van der Waals surface area contributed by atoms with Gasteiger partial charge in [-0.25, -0.2) is 9.37 Å². The standard InChI is InChI=1S/C29H27FN6O5/c1-41-17-16-35-23-11-10-21(18-31)32-25(23)27(28(29(35)38)36(39)40)34-14-12-33(13-15-34)26(19-6-8-20(30)9-7-19)22-4-2-3-5-24(22)37/h2-11,26,37H,12-17H2,1H3. The zero-order chi connectivity index (χ0) is 29.1. The molecule has 1 aliphatic heterocycles. The minimum Gasteiger partial charge on any atom is -0.508 e. The number of nitrogens with zero attached hydrogens (tertiary/aromatic N) is 6. The number of fused-ring (bicyclic) bond motifs is 1. The second kappa shape index (κ2) is 11.7. The van der Waals surface area contributed by atoms with Crippen LogP contribution in [0.1, 0.15) is 22.9 Å². The first-order valence-corrected chi connectivity index (χ1v) is 13.0. The second-order valence-corrected chi connectivity index (χ2v) is 9.62. The van der Waals surface area contributed by atoms with E-state index in [1.807, 2.05) is 12.1 Å². The van der Waals surface area contributed by atoms with E-state index in [-0.39, 0.29) is 41.6 Å². The number of para-hydroxylation sites is 1. The van der Waals surface area contributed by atoms with Crippen molar-refractivity contribution in [3.05, 3.63) is 104 Å². The van der Waals surface area contributed by atoms with Crippen LogP contribution in [0.2, 0.25) is 0 Å². The Bertz CT molecular complexity index is 1690. The number of ether oxygens (including phenoxy) is 1. The average molecular weight is 559 g/mol.